The van der Waals surface area contributed by atoms with E-state index in [9.17, 15) is 0 Å². The van der Waals surface area contributed by atoms with Crippen molar-refractivity contribution >= 4 is 32.4 Å². The summed E-state index contributed by atoms with van der Waals surface area (Å²) >= 11 is 2.03. The van der Waals surface area contributed by atoms with Crippen LogP contribution in [0.4, 0.5) is 0 Å². The Labute approximate surface area is 204 Å². The molecule has 0 aromatic carbocycles. The van der Waals surface area contributed by atoms with Crippen molar-refractivity contribution in [2.24, 2.45) is 11.8 Å². The summed E-state index contributed by atoms with van der Waals surface area (Å²) in [6.07, 6.45) is 18.7. The van der Waals surface area contributed by atoms with Gasteiger partial charge in [0, 0.05) is 0 Å². The van der Waals surface area contributed by atoms with Crippen LogP contribution in [-0.4, -0.2) is 7.63 Å². The van der Waals surface area contributed by atoms with Gasteiger partial charge in [-0.1, -0.05) is 66.2 Å². The molecular weight excluding hydrogens is 435 g/mol. The molecule has 166 valence electrons. The Balaban J connectivity index is -0.000000102. The molecule has 2 rings (SSSR count). The zero-order chi connectivity index (χ0) is 18.5. The number of allylic oxidation sites excluding steroid dienone is 8. The first-order chi connectivity index (χ1) is 11.5. The van der Waals surface area contributed by atoms with Crippen LogP contribution < -0.4 is 0 Å². The first-order valence-electron chi connectivity index (χ1n) is 9.43. The van der Waals surface area contributed by atoms with Gasteiger partial charge in [-0.15, -0.1) is 37.7 Å². The zero-order valence-corrected chi connectivity index (χ0v) is 24.2. The van der Waals surface area contributed by atoms with Crippen LogP contribution in [0.2, 0.25) is 0 Å². The van der Waals surface area contributed by atoms with Crippen molar-refractivity contribution in [2.75, 3.05) is 0 Å². The summed E-state index contributed by atoms with van der Waals surface area (Å²) in [5.41, 5.74) is 5.95. The van der Waals surface area contributed by atoms with E-state index in [2.05, 4.69) is 65.8 Å². The molecule has 0 radical (unpaired) electrons. The van der Waals surface area contributed by atoms with E-state index in [4.69, 9.17) is 0 Å². The summed E-state index contributed by atoms with van der Waals surface area (Å²) in [5.74, 6) is 1.31. The van der Waals surface area contributed by atoms with Crippen LogP contribution in [0.15, 0.2) is 34.4 Å². The average molecular weight is 479 g/mol. The number of hydrogen-bond acceptors (Lipinski definition) is 0. The molecule has 0 amide bonds. The van der Waals surface area contributed by atoms with Crippen molar-refractivity contribution in [1.82, 2.24) is 0 Å². The molecular formula is C24H44Cl2SiTi-4. The molecule has 0 aromatic heterocycles. The molecule has 2 aliphatic carbocycles. The fourth-order valence-corrected chi connectivity index (χ4v) is 2.78. The molecule has 0 aliphatic heterocycles. The van der Waals surface area contributed by atoms with Crippen LogP contribution in [0, 0.1) is 38.8 Å². The molecule has 4 heteroatoms. The summed E-state index contributed by atoms with van der Waals surface area (Å²) in [7, 11) is 1.86. The van der Waals surface area contributed by atoms with Gasteiger partial charge in [-0.25, -0.2) is 23.3 Å². The summed E-state index contributed by atoms with van der Waals surface area (Å²) in [6.45, 7) is 13.4. The van der Waals surface area contributed by atoms with Crippen LogP contribution in [0.25, 0.3) is 0 Å². The second kappa shape index (κ2) is 23.7. The fraction of sp³-hybridized carbons (Fsp3) is 0.583. The second-order valence-electron chi connectivity index (χ2n) is 7.03. The number of hydrogen-bond donors (Lipinski definition) is 0. The Kier molecular flexibility index (Phi) is 33.1. The Bertz CT molecular complexity index is 445. The van der Waals surface area contributed by atoms with Gasteiger partial charge in [0.05, 0.1) is 0 Å². The van der Waals surface area contributed by atoms with E-state index in [-0.39, 0.29) is 39.7 Å². The van der Waals surface area contributed by atoms with Crippen molar-refractivity contribution in [2.45, 2.75) is 80.1 Å². The Hall–Kier alpha value is 0.471. The van der Waals surface area contributed by atoms with Gasteiger partial charge in [0.1, 0.15) is 0 Å². The first-order valence-corrected chi connectivity index (χ1v) is 13.5. The SMILES string of the molecule is CCCC1=CC(C(C)C)=[C-]C1.CCCC1=CC(C(C)C)=[C-]C1.Cl.Cl.[CH3-].[CH3-].[SiH2]=[Ti]. The normalized spacial score (nSPS) is 13.5. The van der Waals surface area contributed by atoms with Crippen molar-refractivity contribution < 1.29 is 19.2 Å². The zero-order valence-electron chi connectivity index (χ0n) is 19.6. The molecule has 28 heavy (non-hydrogen) atoms. The predicted molar refractivity (Wildman–Crippen MR) is 134 cm³/mol. The minimum absolute atomic E-state index is 0. The van der Waals surface area contributed by atoms with E-state index in [0.717, 1.165) is 12.8 Å². The van der Waals surface area contributed by atoms with Crippen molar-refractivity contribution in [3.63, 3.8) is 0 Å². The van der Waals surface area contributed by atoms with Crippen molar-refractivity contribution in [1.29, 1.82) is 0 Å². The molecule has 0 nitrogen and oxygen atoms in total. The van der Waals surface area contributed by atoms with Gasteiger partial charge in [0.2, 0.25) is 0 Å². The third-order valence-electron chi connectivity index (χ3n) is 4.14. The van der Waals surface area contributed by atoms with Crippen LogP contribution in [0.3, 0.4) is 0 Å². The molecule has 0 bridgehead atoms. The monoisotopic (exact) mass is 478 g/mol. The Morgan fingerprint density at radius 2 is 1.07 bits per heavy atom. The summed E-state index contributed by atoms with van der Waals surface area (Å²) < 4.78 is 0. The van der Waals surface area contributed by atoms with Crippen LogP contribution in [0.1, 0.15) is 80.1 Å². The maximum atomic E-state index is 3.42. The van der Waals surface area contributed by atoms with E-state index in [1.807, 2.05) is 26.8 Å². The van der Waals surface area contributed by atoms with E-state index < -0.39 is 0 Å². The first kappa shape index (κ1) is 39.0. The predicted octanol–water partition coefficient (Wildman–Crippen LogP) is 7.83. The molecule has 0 spiro atoms. The van der Waals surface area contributed by atoms with Crippen molar-refractivity contribution in [3.05, 3.63) is 61.4 Å². The van der Waals surface area contributed by atoms with Gasteiger partial charge in [-0.2, -0.15) is 11.1 Å². The third-order valence-corrected chi connectivity index (χ3v) is 4.14. The van der Waals surface area contributed by atoms with E-state index in [0.29, 0.717) is 11.8 Å². The minimum atomic E-state index is 0. The van der Waals surface area contributed by atoms with Gasteiger partial charge in [-0.05, 0) is 12.8 Å². The van der Waals surface area contributed by atoms with Crippen LogP contribution in [0.5, 0.6) is 0 Å². The Morgan fingerprint density at radius 3 is 1.25 bits per heavy atom. The maximum absolute atomic E-state index is 3.42. The average Bonchev–Trinajstić information content (AvgIpc) is 3.20. The molecule has 0 aromatic rings. The molecule has 0 saturated carbocycles. The molecule has 2 aliphatic rings. The quantitative estimate of drug-likeness (QED) is 0.269. The topological polar surface area (TPSA) is 0 Å². The number of halogens is 2. The fourth-order valence-electron chi connectivity index (χ4n) is 2.78. The standard InChI is InChI=1S/2C11H17.2CH3.2ClH.H2Si.Ti/c2*1-4-5-10-6-7-11(8-10)9(2)3;;;;;;/h2*8-9H,4-6H2,1-3H3;2*1H3;2*1H;1H2;/q4*-1;;;;. The molecule has 0 N–H and O–H groups in total. The molecule has 0 unspecified atom stereocenters. The molecule has 0 atom stereocenters. The molecule has 0 heterocycles. The summed E-state index contributed by atoms with van der Waals surface area (Å²) in [5, 5.41) is 0. The second-order valence-corrected chi connectivity index (χ2v) is 7.03. The number of rotatable bonds is 6. The van der Waals surface area contributed by atoms with Crippen LogP contribution in [-0.2, 0) is 19.2 Å². The van der Waals surface area contributed by atoms with E-state index in [1.165, 1.54) is 36.8 Å². The Morgan fingerprint density at radius 1 is 0.786 bits per heavy atom. The van der Waals surface area contributed by atoms with Crippen molar-refractivity contribution in [3.8, 4) is 0 Å². The summed E-state index contributed by atoms with van der Waals surface area (Å²) in [4.78, 5) is 0. The summed E-state index contributed by atoms with van der Waals surface area (Å²) in [6, 6.07) is 0. The molecule has 0 fully saturated rings. The van der Waals surface area contributed by atoms with Gasteiger partial charge >= 0.3 is 26.8 Å². The van der Waals surface area contributed by atoms with Gasteiger partial charge in [-0.3, -0.25) is 12.2 Å². The van der Waals surface area contributed by atoms with Crippen LogP contribution >= 0.6 is 24.8 Å². The van der Waals surface area contributed by atoms with Gasteiger partial charge in [0.15, 0.2) is 0 Å². The third kappa shape index (κ3) is 16.3. The van der Waals surface area contributed by atoms with E-state index >= 15 is 0 Å². The molecule has 0 saturated heterocycles. The van der Waals surface area contributed by atoms with E-state index in [1.54, 1.807) is 11.1 Å². The van der Waals surface area contributed by atoms with Gasteiger partial charge < -0.3 is 14.9 Å². The van der Waals surface area contributed by atoms with Gasteiger partial charge in [0.25, 0.3) is 0 Å².